The van der Waals surface area contributed by atoms with Gasteiger partial charge in [-0.15, -0.1) is 0 Å². The highest BCUT2D eigenvalue weighted by atomic mass is 16.6. The summed E-state index contributed by atoms with van der Waals surface area (Å²) in [4.78, 5) is 38.1. The summed E-state index contributed by atoms with van der Waals surface area (Å²) in [7, 11) is 0. The largest absolute Gasteiger partial charge is 0.462 e. The van der Waals surface area contributed by atoms with Crippen molar-refractivity contribution in [2.45, 2.75) is 290 Å². The van der Waals surface area contributed by atoms with Crippen LogP contribution in [-0.4, -0.2) is 37.2 Å². The maximum Gasteiger partial charge on any atom is 0.306 e. The molecule has 0 aliphatic heterocycles. The second-order valence-corrected chi connectivity index (χ2v) is 18.8. The van der Waals surface area contributed by atoms with Crippen LogP contribution in [-0.2, 0) is 28.6 Å². The van der Waals surface area contributed by atoms with Gasteiger partial charge in [0.1, 0.15) is 13.2 Å². The van der Waals surface area contributed by atoms with Crippen LogP contribution in [0.15, 0.2) is 60.8 Å². The topological polar surface area (TPSA) is 78.9 Å². The summed E-state index contributed by atoms with van der Waals surface area (Å²) in [6.07, 6.45) is 67.8. The molecule has 66 heavy (non-hydrogen) atoms. The average molecular weight is 924 g/mol. The van der Waals surface area contributed by atoms with E-state index in [2.05, 4.69) is 81.5 Å². The quantitative estimate of drug-likeness (QED) is 0.0262. The van der Waals surface area contributed by atoms with Crippen molar-refractivity contribution >= 4 is 17.9 Å². The Balaban J connectivity index is 4.34. The first-order valence-corrected chi connectivity index (χ1v) is 28.3. The smallest absolute Gasteiger partial charge is 0.306 e. The Bertz CT molecular complexity index is 1200. The van der Waals surface area contributed by atoms with Crippen LogP contribution < -0.4 is 0 Å². The van der Waals surface area contributed by atoms with Crippen molar-refractivity contribution in [1.82, 2.24) is 0 Å². The first-order chi connectivity index (χ1) is 32.5. The van der Waals surface area contributed by atoms with Gasteiger partial charge in [-0.25, -0.2) is 0 Å². The van der Waals surface area contributed by atoms with Gasteiger partial charge in [-0.3, -0.25) is 14.4 Å². The molecule has 0 N–H and O–H groups in total. The summed E-state index contributed by atoms with van der Waals surface area (Å²) >= 11 is 0. The van der Waals surface area contributed by atoms with Gasteiger partial charge < -0.3 is 14.2 Å². The van der Waals surface area contributed by atoms with E-state index in [9.17, 15) is 14.4 Å². The Morgan fingerprint density at radius 2 is 0.591 bits per heavy atom. The number of carbonyl (C=O) groups excluding carboxylic acids is 3. The van der Waals surface area contributed by atoms with Gasteiger partial charge in [0.25, 0.3) is 0 Å². The van der Waals surface area contributed by atoms with E-state index in [-0.39, 0.29) is 31.1 Å². The van der Waals surface area contributed by atoms with Gasteiger partial charge in [0.05, 0.1) is 0 Å². The molecule has 0 spiro atoms. The van der Waals surface area contributed by atoms with E-state index in [0.29, 0.717) is 19.3 Å². The molecule has 0 rings (SSSR count). The summed E-state index contributed by atoms with van der Waals surface area (Å²) in [5.41, 5.74) is 0. The van der Waals surface area contributed by atoms with Gasteiger partial charge in [-0.1, -0.05) is 242 Å². The Labute approximate surface area is 409 Å². The van der Waals surface area contributed by atoms with Crippen molar-refractivity contribution in [3.63, 3.8) is 0 Å². The lowest BCUT2D eigenvalue weighted by molar-refractivity contribution is -0.167. The fraction of sp³-hybridized carbons (Fsp3) is 0.783. The van der Waals surface area contributed by atoms with E-state index in [1.54, 1.807) is 0 Å². The molecule has 0 heterocycles. The molecule has 6 heteroatoms. The molecule has 1 atom stereocenters. The fourth-order valence-electron chi connectivity index (χ4n) is 8.02. The van der Waals surface area contributed by atoms with E-state index >= 15 is 0 Å². The van der Waals surface area contributed by atoms with Crippen molar-refractivity contribution < 1.29 is 28.6 Å². The monoisotopic (exact) mass is 923 g/mol. The van der Waals surface area contributed by atoms with Crippen LogP contribution in [0.2, 0.25) is 0 Å². The van der Waals surface area contributed by atoms with Gasteiger partial charge in [-0.2, -0.15) is 0 Å². The number of ether oxygens (including phenoxy) is 3. The molecular weight excluding hydrogens is 817 g/mol. The molecule has 0 radical (unpaired) electrons. The number of hydrogen-bond acceptors (Lipinski definition) is 6. The van der Waals surface area contributed by atoms with E-state index < -0.39 is 6.10 Å². The number of hydrogen-bond donors (Lipinski definition) is 0. The molecule has 0 bridgehead atoms. The lowest BCUT2D eigenvalue weighted by atomic mass is 10.0. The standard InChI is InChI=1S/C60H106O6/c1-4-7-10-13-16-19-22-25-27-28-29-30-31-32-34-35-38-41-44-47-50-53-59(62)65-56-57(55-64-58(61)52-49-46-43-40-37-24-21-18-15-12-9-6-3)66-60(63)54-51-48-45-42-39-36-33-26-23-20-17-14-11-8-5-2/h7,10,16,19,25-27,29-30,33,57H,4-6,8-9,11-15,17-18,20-24,28,31-32,34-56H2,1-3H3/b10-7-,19-16-,27-25-,30-29-,33-26-. The molecule has 0 aromatic carbocycles. The van der Waals surface area contributed by atoms with Gasteiger partial charge >= 0.3 is 17.9 Å². The Morgan fingerprint density at radius 1 is 0.318 bits per heavy atom. The van der Waals surface area contributed by atoms with E-state index in [0.717, 1.165) is 103 Å². The van der Waals surface area contributed by atoms with Crippen molar-refractivity contribution in [1.29, 1.82) is 0 Å². The van der Waals surface area contributed by atoms with Gasteiger partial charge in [-0.05, 0) is 83.5 Å². The highest BCUT2D eigenvalue weighted by Crippen LogP contribution is 2.15. The number of rotatable bonds is 51. The molecule has 382 valence electrons. The lowest BCUT2D eigenvalue weighted by Crippen LogP contribution is -2.30. The molecule has 0 aromatic rings. The minimum atomic E-state index is -0.779. The summed E-state index contributed by atoms with van der Waals surface area (Å²) in [5, 5.41) is 0. The summed E-state index contributed by atoms with van der Waals surface area (Å²) in [6, 6.07) is 0. The number of carbonyl (C=O) groups is 3. The normalized spacial score (nSPS) is 12.5. The van der Waals surface area contributed by atoms with Crippen LogP contribution in [0.4, 0.5) is 0 Å². The average Bonchev–Trinajstić information content (AvgIpc) is 3.31. The van der Waals surface area contributed by atoms with Crippen LogP contribution in [0.3, 0.4) is 0 Å². The van der Waals surface area contributed by atoms with E-state index in [4.69, 9.17) is 14.2 Å². The molecule has 0 saturated carbocycles. The van der Waals surface area contributed by atoms with Crippen LogP contribution in [0, 0.1) is 0 Å². The molecule has 1 unspecified atom stereocenters. The zero-order valence-corrected chi connectivity index (χ0v) is 43.7. The fourth-order valence-corrected chi connectivity index (χ4v) is 8.02. The van der Waals surface area contributed by atoms with Gasteiger partial charge in [0, 0.05) is 19.3 Å². The Kier molecular flexibility index (Phi) is 52.3. The minimum Gasteiger partial charge on any atom is -0.462 e. The molecule has 0 amide bonds. The maximum atomic E-state index is 12.8. The Hall–Kier alpha value is -2.89. The molecular formula is C60H106O6. The van der Waals surface area contributed by atoms with E-state index in [1.165, 1.54) is 141 Å². The summed E-state index contributed by atoms with van der Waals surface area (Å²) in [5.74, 6) is -0.884. The van der Waals surface area contributed by atoms with Crippen LogP contribution in [0.1, 0.15) is 284 Å². The Morgan fingerprint density at radius 3 is 0.939 bits per heavy atom. The van der Waals surface area contributed by atoms with Crippen molar-refractivity contribution in [2.24, 2.45) is 0 Å². The van der Waals surface area contributed by atoms with Gasteiger partial charge in [0.2, 0.25) is 0 Å². The molecule has 0 fully saturated rings. The van der Waals surface area contributed by atoms with Gasteiger partial charge in [0.15, 0.2) is 6.10 Å². The van der Waals surface area contributed by atoms with Crippen LogP contribution >= 0.6 is 0 Å². The van der Waals surface area contributed by atoms with Crippen molar-refractivity contribution in [3.8, 4) is 0 Å². The molecule has 0 saturated heterocycles. The second kappa shape index (κ2) is 54.7. The predicted octanol–water partition coefficient (Wildman–Crippen LogP) is 18.8. The van der Waals surface area contributed by atoms with Crippen LogP contribution in [0.5, 0.6) is 0 Å². The maximum absolute atomic E-state index is 12.8. The lowest BCUT2D eigenvalue weighted by Gasteiger charge is -2.18. The van der Waals surface area contributed by atoms with Crippen LogP contribution in [0.25, 0.3) is 0 Å². The zero-order valence-electron chi connectivity index (χ0n) is 43.7. The SMILES string of the molecule is CC/C=C\C/C=C\C/C=C\C/C=C\CCCCCCCCCCC(=O)OCC(COC(=O)CCCCCCCCCCCCCC)OC(=O)CCCCCCC/C=C\CCCCCCCC. The molecule has 6 nitrogen and oxygen atoms in total. The number of esters is 3. The summed E-state index contributed by atoms with van der Waals surface area (Å²) < 4.78 is 16.8. The number of allylic oxidation sites excluding steroid dienone is 10. The van der Waals surface area contributed by atoms with Crippen molar-refractivity contribution in [2.75, 3.05) is 13.2 Å². The third kappa shape index (κ3) is 52.1. The molecule has 0 aliphatic rings. The predicted molar refractivity (Wildman–Crippen MR) is 284 cm³/mol. The third-order valence-electron chi connectivity index (χ3n) is 12.3. The van der Waals surface area contributed by atoms with E-state index in [1.807, 2.05) is 0 Å². The first-order valence-electron chi connectivity index (χ1n) is 28.3. The second-order valence-electron chi connectivity index (χ2n) is 18.8. The first kappa shape index (κ1) is 63.1. The minimum absolute atomic E-state index is 0.0775. The highest BCUT2D eigenvalue weighted by molar-refractivity contribution is 5.71. The van der Waals surface area contributed by atoms with Crippen molar-refractivity contribution in [3.05, 3.63) is 60.8 Å². The molecule has 0 aliphatic carbocycles. The number of unbranched alkanes of at least 4 members (excludes halogenated alkanes) is 30. The molecule has 0 aromatic heterocycles. The summed E-state index contributed by atoms with van der Waals surface area (Å²) in [6.45, 7) is 6.53. The highest BCUT2D eigenvalue weighted by Gasteiger charge is 2.19. The third-order valence-corrected chi connectivity index (χ3v) is 12.3. The zero-order chi connectivity index (χ0) is 47.9.